The van der Waals surface area contributed by atoms with Crippen molar-refractivity contribution in [1.29, 1.82) is 0 Å². The molecule has 0 atom stereocenters. The maximum atomic E-state index is 13.1. The molecule has 1 aromatic carbocycles. The summed E-state index contributed by atoms with van der Waals surface area (Å²) in [6.45, 7) is 0. The van der Waals surface area contributed by atoms with Crippen LogP contribution < -0.4 is 11.1 Å². The molecule has 0 unspecified atom stereocenters. The van der Waals surface area contributed by atoms with Crippen molar-refractivity contribution in [2.45, 2.75) is 31.7 Å². The first-order chi connectivity index (χ1) is 8.08. The zero-order valence-corrected chi connectivity index (χ0v) is 9.30. The van der Waals surface area contributed by atoms with Gasteiger partial charge in [-0.05, 0) is 18.9 Å². The molecule has 0 saturated heterocycles. The van der Waals surface area contributed by atoms with Crippen molar-refractivity contribution < 1.29 is 13.6 Å². The Kier molecular flexibility index (Phi) is 3.26. The molecule has 0 aliphatic heterocycles. The monoisotopic (exact) mass is 240 g/mol. The second kappa shape index (κ2) is 4.69. The lowest BCUT2D eigenvalue weighted by Crippen LogP contribution is -2.20. The number of carbonyl (C=O) groups excluding carboxylic acids is 1. The standard InChI is InChI=1S/C12H14F2N2O/c13-9-5-8(12(15)17)11(6-10(9)14)16-7-3-1-2-4-7/h5-7,16H,1-4H2,(H2,15,17). The van der Waals surface area contributed by atoms with E-state index < -0.39 is 17.5 Å². The number of nitrogens with one attached hydrogen (secondary N) is 1. The third-order valence-electron chi connectivity index (χ3n) is 3.04. The van der Waals surface area contributed by atoms with Gasteiger partial charge in [0.25, 0.3) is 5.91 Å². The predicted molar refractivity (Wildman–Crippen MR) is 60.8 cm³/mol. The average Bonchev–Trinajstić information content (AvgIpc) is 2.75. The Morgan fingerprint density at radius 2 is 1.82 bits per heavy atom. The summed E-state index contributed by atoms with van der Waals surface area (Å²) in [7, 11) is 0. The fourth-order valence-corrected chi connectivity index (χ4v) is 2.16. The maximum absolute atomic E-state index is 13.1. The van der Waals surface area contributed by atoms with Crippen LogP contribution in [0.5, 0.6) is 0 Å². The lowest BCUT2D eigenvalue weighted by molar-refractivity contribution is 0.100. The first kappa shape index (κ1) is 11.8. The van der Waals surface area contributed by atoms with Gasteiger partial charge < -0.3 is 11.1 Å². The van der Waals surface area contributed by atoms with Crippen molar-refractivity contribution in [1.82, 2.24) is 0 Å². The molecule has 3 N–H and O–H groups in total. The summed E-state index contributed by atoms with van der Waals surface area (Å²) in [4.78, 5) is 11.2. The molecule has 3 nitrogen and oxygen atoms in total. The molecule has 1 amide bonds. The van der Waals surface area contributed by atoms with Crippen LogP contribution in [0.4, 0.5) is 14.5 Å². The number of benzene rings is 1. The van der Waals surface area contributed by atoms with Crippen LogP contribution in [0.3, 0.4) is 0 Å². The van der Waals surface area contributed by atoms with Gasteiger partial charge in [0.2, 0.25) is 0 Å². The fraction of sp³-hybridized carbons (Fsp3) is 0.417. The number of amides is 1. The zero-order chi connectivity index (χ0) is 12.4. The smallest absolute Gasteiger partial charge is 0.250 e. The molecule has 0 radical (unpaired) electrons. The zero-order valence-electron chi connectivity index (χ0n) is 9.30. The summed E-state index contributed by atoms with van der Waals surface area (Å²) in [5.74, 6) is -2.80. The van der Waals surface area contributed by atoms with Crippen LogP contribution in [0.2, 0.25) is 0 Å². The second-order valence-electron chi connectivity index (χ2n) is 4.30. The topological polar surface area (TPSA) is 55.1 Å². The van der Waals surface area contributed by atoms with Crippen LogP contribution >= 0.6 is 0 Å². The summed E-state index contributed by atoms with van der Waals surface area (Å²) in [6.07, 6.45) is 4.15. The van der Waals surface area contributed by atoms with Crippen LogP contribution in [-0.4, -0.2) is 11.9 Å². The highest BCUT2D eigenvalue weighted by molar-refractivity contribution is 5.98. The van der Waals surface area contributed by atoms with E-state index in [1.165, 1.54) is 0 Å². The van der Waals surface area contributed by atoms with E-state index in [1.807, 2.05) is 0 Å². The Labute approximate surface area is 98.0 Å². The predicted octanol–water partition coefficient (Wildman–Crippen LogP) is 2.42. The van der Waals surface area contributed by atoms with E-state index in [2.05, 4.69) is 5.32 Å². The number of halogens is 2. The molecule has 0 bridgehead atoms. The number of anilines is 1. The van der Waals surface area contributed by atoms with E-state index in [1.54, 1.807) is 0 Å². The molecule has 17 heavy (non-hydrogen) atoms. The molecule has 0 spiro atoms. The van der Waals surface area contributed by atoms with Gasteiger partial charge >= 0.3 is 0 Å². The molecule has 1 fully saturated rings. The van der Waals surface area contributed by atoms with Gasteiger partial charge in [0.1, 0.15) is 0 Å². The van der Waals surface area contributed by atoms with E-state index in [0.717, 1.165) is 37.8 Å². The van der Waals surface area contributed by atoms with Crippen LogP contribution in [0.1, 0.15) is 36.0 Å². The van der Waals surface area contributed by atoms with Crippen molar-refractivity contribution in [2.75, 3.05) is 5.32 Å². The first-order valence-corrected chi connectivity index (χ1v) is 5.63. The van der Waals surface area contributed by atoms with E-state index in [9.17, 15) is 13.6 Å². The van der Waals surface area contributed by atoms with Crippen molar-refractivity contribution in [2.24, 2.45) is 5.73 Å². The number of primary amides is 1. The van der Waals surface area contributed by atoms with Gasteiger partial charge in [0.05, 0.1) is 11.3 Å². The number of hydrogen-bond acceptors (Lipinski definition) is 2. The van der Waals surface area contributed by atoms with Gasteiger partial charge in [0.15, 0.2) is 11.6 Å². The van der Waals surface area contributed by atoms with Gasteiger partial charge in [-0.3, -0.25) is 4.79 Å². The minimum atomic E-state index is -1.06. The Balaban J connectivity index is 2.29. The van der Waals surface area contributed by atoms with Crippen LogP contribution in [0, 0.1) is 11.6 Å². The van der Waals surface area contributed by atoms with E-state index in [0.29, 0.717) is 0 Å². The van der Waals surface area contributed by atoms with Gasteiger partial charge in [-0.25, -0.2) is 8.78 Å². The average molecular weight is 240 g/mol. The Morgan fingerprint density at radius 3 is 2.41 bits per heavy atom. The van der Waals surface area contributed by atoms with Crippen molar-refractivity contribution in [3.63, 3.8) is 0 Å². The van der Waals surface area contributed by atoms with Crippen LogP contribution in [0.15, 0.2) is 12.1 Å². The molecule has 1 aromatic rings. The number of hydrogen-bond donors (Lipinski definition) is 2. The maximum Gasteiger partial charge on any atom is 0.250 e. The molecule has 5 heteroatoms. The molecule has 2 rings (SSSR count). The highest BCUT2D eigenvalue weighted by Gasteiger charge is 2.19. The molecular formula is C12H14F2N2O. The SMILES string of the molecule is NC(=O)c1cc(F)c(F)cc1NC1CCCC1. The number of nitrogens with two attached hydrogens (primary N) is 1. The first-order valence-electron chi connectivity index (χ1n) is 5.63. The quantitative estimate of drug-likeness (QED) is 0.852. The van der Waals surface area contributed by atoms with E-state index in [-0.39, 0.29) is 17.3 Å². The molecule has 0 heterocycles. The second-order valence-corrected chi connectivity index (χ2v) is 4.30. The van der Waals surface area contributed by atoms with E-state index in [4.69, 9.17) is 5.73 Å². The van der Waals surface area contributed by atoms with E-state index >= 15 is 0 Å². The largest absolute Gasteiger partial charge is 0.382 e. The fourth-order valence-electron chi connectivity index (χ4n) is 2.16. The van der Waals surface area contributed by atoms with Crippen molar-refractivity contribution in [3.8, 4) is 0 Å². The number of rotatable bonds is 3. The highest BCUT2D eigenvalue weighted by Crippen LogP contribution is 2.26. The summed E-state index contributed by atoms with van der Waals surface area (Å²) in [5.41, 5.74) is 5.42. The lowest BCUT2D eigenvalue weighted by atomic mass is 10.1. The van der Waals surface area contributed by atoms with Gasteiger partial charge in [0, 0.05) is 12.1 Å². The Morgan fingerprint density at radius 1 is 1.24 bits per heavy atom. The lowest BCUT2D eigenvalue weighted by Gasteiger charge is -2.16. The molecular weight excluding hydrogens is 226 g/mol. The van der Waals surface area contributed by atoms with Gasteiger partial charge in [-0.15, -0.1) is 0 Å². The summed E-state index contributed by atoms with van der Waals surface area (Å²) < 4.78 is 26.2. The molecule has 1 aliphatic carbocycles. The molecule has 92 valence electrons. The highest BCUT2D eigenvalue weighted by atomic mass is 19.2. The number of carbonyl (C=O) groups is 1. The van der Waals surface area contributed by atoms with Gasteiger partial charge in [-0.1, -0.05) is 12.8 Å². The Hall–Kier alpha value is -1.65. The molecule has 0 aromatic heterocycles. The minimum Gasteiger partial charge on any atom is -0.382 e. The van der Waals surface area contributed by atoms with Crippen molar-refractivity contribution in [3.05, 3.63) is 29.3 Å². The van der Waals surface area contributed by atoms with Gasteiger partial charge in [-0.2, -0.15) is 0 Å². The van der Waals surface area contributed by atoms with Crippen LogP contribution in [-0.2, 0) is 0 Å². The third-order valence-corrected chi connectivity index (χ3v) is 3.04. The van der Waals surface area contributed by atoms with Crippen LogP contribution in [0.25, 0.3) is 0 Å². The molecule has 1 saturated carbocycles. The normalized spacial score (nSPS) is 16.1. The summed E-state index contributed by atoms with van der Waals surface area (Å²) in [6, 6.07) is 2.04. The summed E-state index contributed by atoms with van der Waals surface area (Å²) >= 11 is 0. The van der Waals surface area contributed by atoms with Crippen molar-refractivity contribution >= 4 is 11.6 Å². The summed E-state index contributed by atoms with van der Waals surface area (Å²) in [5, 5.41) is 3.05. The molecule has 1 aliphatic rings. The Bertz CT molecular complexity index is 442. The minimum absolute atomic E-state index is 0.00389. The third kappa shape index (κ3) is 2.54.